The minimum Gasteiger partial charge on any atom is -0.382 e. The summed E-state index contributed by atoms with van der Waals surface area (Å²) in [5.41, 5.74) is 6.04. The number of amides is 1. The van der Waals surface area contributed by atoms with Gasteiger partial charge < -0.3 is 16.4 Å². The van der Waals surface area contributed by atoms with E-state index in [2.05, 4.69) is 30.2 Å². The van der Waals surface area contributed by atoms with Crippen molar-refractivity contribution in [3.8, 4) is 0 Å². The van der Waals surface area contributed by atoms with E-state index in [-0.39, 0.29) is 11.7 Å². The van der Waals surface area contributed by atoms with E-state index in [9.17, 15) is 4.79 Å². The topological polar surface area (TPSA) is 122 Å². The minimum absolute atomic E-state index is 0.238. The molecule has 0 aliphatic heterocycles. The fourth-order valence-corrected chi connectivity index (χ4v) is 2.15. The van der Waals surface area contributed by atoms with Crippen molar-refractivity contribution < 1.29 is 4.79 Å². The molecule has 2 heterocycles. The molecule has 0 saturated heterocycles. The number of carbonyl (C=O) groups is 1. The Labute approximate surface area is 107 Å². The van der Waals surface area contributed by atoms with Crippen molar-refractivity contribution in [3.05, 3.63) is 17.7 Å². The molecule has 0 saturated carbocycles. The van der Waals surface area contributed by atoms with Gasteiger partial charge in [0, 0.05) is 20.0 Å². The van der Waals surface area contributed by atoms with Crippen LogP contribution in [0.25, 0.3) is 0 Å². The molecule has 0 atom stereocenters. The van der Waals surface area contributed by atoms with Gasteiger partial charge in [0.2, 0.25) is 0 Å². The van der Waals surface area contributed by atoms with Crippen LogP contribution in [0.3, 0.4) is 0 Å². The summed E-state index contributed by atoms with van der Waals surface area (Å²) in [7, 11) is 1.55. The van der Waals surface area contributed by atoms with Crippen molar-refractivity contribution in [2.75, 3.05) is 24.6 Å². The van der Waals surface area contributed by atoms with Crippen LogP contribution in [0, 0.1) is 0 Å². The molecule has 2 aromatic heterocycles. The Morgan fingerprint density at radius 3 is 3.11 bits per heavy atom. The molecule has 0 spiro atoms. The molecule has 1 amide bonds. The first-order valence-electron chi connectivity index (χ1n) is 5.27. The highest BCUT2D eigenvalue weighted by Gasteiger charge is 2.17. The quantitative estimate of drug-likeness (QED) is 0.598. The fourth-order valence-electron chi connectivity index (χ4n) is 1.41. The average Bonchev–Trinajstić information content (AvgIpc) is 2.99. The van der Waals surface area contributed by atoms with Crippen LogP contribution in [-0.4, -0.2) is 39.1 Å². The van der Waals surface area contributed by atoms with Crippen molar-refractivity contribution in [2.24, 2.45) is 0 Å². The number of hydrogen-bond acceptors (Lipinski definition) is 7. The Hall–Kier alpha value is -2.16. The van der Waals surface area contributed by atoms with E-state index in [4.69, 9.17) is 5.73 Å². The number of aromatic amines is 1. The van der Waals surface area contributed by atoms with Gasteiger partial charge in [-0.15, -0.1) is 0 Å². The van der Waals surface area contributed by atoms with Gasteiger partial charge in [-0.1, -0.05) is 0 Å². The summed E-state index contributed by atoms with van der Waals surface area (Å²) in [6, 6.07) is 0. The van der Waals surface area contributed by atoms with Crippen molar-refractivity contribution in [1.29, 1.82) is 0 Å². The molecule has 18 heavy (non-hydrogen) atoms. The number of nitrogen functional groups attached to an aromatic ring is 1. The average molecular weight is 267 g/mol. The standard InChI is InChI=1S/C9H13N7OS/c1-11-8(17)6-7(10)16-18-9(6)12-3-2-5-13-4-14-15-5/h4,12H,2-3H2,1H3,(H2,10,16)(H,11,17)(H,13,14,15). The van der Waals surface area contributed by atoms with Gasteiger partial charge in [0.25, 0.3) is 5.91 Å². The van der Waals surface area contributed by atoms with Gasteiger partial charge in [0.05, 0.1) is 0 Å². The van der Waals surface area contributed by atoms with Crippen LogP contribution < -0.4 is 16.4 Å². The molecule has 8 nitrogen and oxygen atoms in total. The molecule has 0 radical (unpaired) electrons. The van der Waals surface area contributed by atoms with Gasteiger partial charge in [0.1, 0.15) is 22.7 Å². The molecule has 96 valence electrons. The second kappa shape index (κ2) is 5.45. The maximum absolute atomic E-state index is 11.6. The van der Waals surface area contributed by atoms with E-state index in [1.54, 1.807) is 7.05 Å². The summed E-state index contributed by atoms with van der Waals surface area (Å²) < 4.78 is 3.96. The van der Waals surface area contributed by atoms with E-state index in [0.29, 0.717) is 23.5 Å². The van der Waals surface area contributed by atoms with Crippen LogP contribution >= 0.6 is 11.5 Å². The van der Waals surface area contributed by atoms with E-state index in [1.165, 1.54) is 6.33 Å². The Morgan fingerprint density at radius 1 is 1.61 bits per heavy atom. The Balaban J connectivity index is 1.99. The lowest BCUT2D eigenvalue weighted by Crippen LogP contribution is -2.20. The first kappa shape index (κ1) is 12.3. The number of H-pyrrole nitrogens is 1. The van der Waals surface area contributed by atoms with Crippen molar-refractivity contribution in [2.45, 2.75) is 6.42 Å². The van der Waals surface area contributed by atoms with Crippen LogP contribution in [0.15, 0.2) is 6.33 Å². The minimum atomic E-state index is -0.247. The number of anilines is 2. The zero-order valence-electron chi connectivity index (χ0n) is 9.73. The van der Waals surface area contributed by atoms with E-state index in [0.717, 1.165) is 17.4 Å². The predicted octanol–water partition coefficient (Wildman–Crippen LogP) is -0.142. The van der Waals surface area contributed by atoms with Crippen LogP contribution in [0.5, 0.6) is 0 Å². The van der Waals surface area contributed by atoms with Crippen molar-refractivity contribution >= 4 is 28.3 Å². The third kappa shape index (κ3) is 2.56. The summed E-state index contributed by atoms with van der Waals surface area (Å²) in [6.45, 7) is 0.612. The number of hydrogen-bond donors (Lipinski definition) is 4. The largest absolute Gasteiger partial charge is 0.382 e. The lowest BCUT2D eigenvalue weighted by Gasteiger charge is -2.04. The van der Waals surface area contributed by atoms with Gasteiger partial charge in [-0.05, 0) is 11.5 Å². The molecule has 5 N–H and O–H groups in total. The van der Waals surface area contributed by atoms with Crippen LogP contribution in [0.1, 0.15) is 16.2 Å². The van der Waals surface area contributed by atoms with E-state index < -0.39 is 0 Å². The molecule has 0 fully saturated rings. The maximum atomic E-state index is 11.6. The van der Waals surface area contributed by atoms with Crippen LogP contribution in [-0.2, 0) is 6.42 Å². The molecule has 2 aromatic rings. The molecular formula is C9H13N7OS. The smallest absolute Gasteiger partial charge is 0.257 e. The molecule has 0 aliphatic carbocycles. The van der Waals surface area contributed by atoms with Crippen molar-refractivity contribution in [3.63, 3.8) is 0 Å². The molecule has 2 rings (SSSR count). The van der Waals surface area contributed by atoms with E-state index >= 15 is 0 Å². The zero-order chi connectivity index (χ0) is 13.0. The Morgan fingerprint density at radius 2 is 2.44 bits per heavy atom. The summed E-state index contributed by atoms with van der Waals surface area (Å²) >= 11 is 1.16. The number of rotatable bonds is 5. The number of nitrogens with one attached hydrogen (secondary N) is 3. The summed E-state index contributed by atoms with van der Waals surface area (Å²) in [6.07, 6.45) is 2.13. The van der Waals surface area contributed by atoms with Gasteiger partial charge in [-0.25, -0.2) is 4.98 Å². The third-order valence-electron chi connectivity index (χ3n) is 2.28. The first-order valence-corrected chi connectivity index (χ1v) is 6.05. The van der Waals surface area contributed by atoms with Gasteiger partial charge in [0.15, 0.2) is 5.82 Å². The van der Waals surface area contributed by atoms with Crippen molar-refractivity contribution in [1.82, 2.24) is 24.9 Å². The second-order valence-corrected chi connectivity index (χ2v) is 4.23. The molecule has 0 bridgehead atoms. The first-order chi connectivity index (χ1) is 8.72. The molecular weight excluding hydrogens is 254 g/mol. The lowest BCUT2D eigenvalue weighted by atomic mass is 10.3. The van der Waals surface area contributed by atoms with Gasteiger partial charge >= 0.3 is 0 Å². The number of nitrogens with zero attached hydrogens (tertiary/aromatic N) is 3. The Bertz CT molecular complexity index is 521. The van der Waals surface area contributed by atoms with Crippen LogP contribution in [0.2, 0.25) is 0 Å². The SMILES string of the molecule is CNC(=O)c1c(N)nsc1NCCc1ncn[nH]1. The zero-order valence-corrected chi connectivity index (χ0v) is 10.5. The van der Waals surface area contributed by atoms with Crippen LogP contribution in [0.4, 0.5) is 10.8 Å². The van der Waals surface area contributed by atoms with Gasteiger partial charge in [-0.3, -0.25) is 9.89 Å². The summed E-state index contributed by atoms with van der Waals surface area (Å²) in [5, 5.41) is 12.8. The van der Waals surface area contributed by atoms with E-state index in [1.807, 2.05) is 0 Å². The molecule has 0 unspecified atom stereocenters. The second-order valence-electron chi connectivity index (χ2n) is 3.46. The number of nitrogens with two attached hydrogens (primary N) is 1. The highest BCUT2D eigenvalue weighted by molar-refractivity contribution is 7.11. The molecule has 9 heteroatoms. The fraction of sp³-hybridized carbons (Fsp3) is 0.333. The number of aromatic nitrogens is 4. The third-order valence-corrected chi connectivity index (χ3v) is 3.10. The summed E-state index contributed by atoms with van der Waals surface area (Å²) in [5.74, 6) is 0.770. The highest BCUT2D eigenvalue weighted by Crippen LogP contribution is 2.26. The predicted molar refractivity (Wildman–Crippen MR) is 68.5 cm³/mol. The lowest BCUT2D eigenvalue weighted by molar-refractivity contribution is 0.0965. The normalized spacial score (nSPS) is 10.3. The van der Waals surface area contributed by atoms with Gasteiger partial charge in [-0.2, -0.15) is 9.47 Å². The number of carbonyl (C=O) groups excluding carboxylic acids is 1. The summed E-state index contributed by atoms with van der Waals surface area (Å²) in [4.78, 5) is 15.6. The highest BCUT2D eigenvalue weighted by atomic mass is 32.1. The molecule has 0 aliphatic rings. The monoisotopic (exact) mass is 267 g/mol. The molecule has 0 aromatic carbocycles. The Kier molecular flexibility index (Phi) is 3.72. The maximum Gasteiger partial charge on any atom is 0.257 e.